The maximum atomic E-state index is 12.2. The number of nitrogens with two attached hydrogens (primary N) is 2. The van der Waals surface area contributed by atoms with Gasteiger partial charge in [-0.1, -0.05) is 6.07 Å². The van der Waals surface area contributed by atoms with Crippen molar-refractivity contribution in [3.05, 3.63) is 23.3 Å². The van der Waals surface area contributed by atoms with Crippen LogP contribution < -0.4 is 11.5 Å². The summed E-state index contributed by atoms with van der Waals surface area (Å²) in [5, 5.41) is 0. The quantitative estimate of drug-likeness (QED) is 0.616. The molecule has 0 unspecified atom stereocenters. The van der Waals surface area contributed by atoms with Gasteiger partial charge in [-0.05, 0) is 18.6 Å². The fraction of sp³-hybridized carbons (Fsp3) is 0.250. The van der Waals surface area contributed by atoms with E-state index >= 15 is 0 Å². The Bertz CT molecular complexity index is 331. The molecule has 5 heteroatoms. The summed E-state index contributed by atoms with van der Waals surface area (Å²) in [7, 11) is 0. The second-order valence-electron chi connectivity index (χ2n) is 2.76. The Morgan fingerprint density at radius 3 is 2.08 bits per heavy atom. The van der Waals surface area contributed by atoms with Crippen LogP contribution in [0.3, 0.4) is 0 Å². The zero-order valence-corrected chi connectivity index (χ0v) is 6.94. The number of anilines is 2. The van der Waals surface area contributed by atoms with Crippen molar-refractivity contribution in [2.45, 2.75) is 13.1 Å². The predicted molar refractivity (Wildman–Crippen MR) is 45.0 cm³/mol. The van der Waals surface area contributed by atoms with Crippen LogP contribution in [0, 0.1) is 6.92 Å². The van der Waals surface area contributed by atoms with E-state index in [0.717, 1.165) is 6.07 Å². The third kappa shape index (κ3) is 1.68. The molecule has 0 saturated carbocycles. The molecule has 0 bridgehead atoms. The van der Waals surface area contributed by atoms with Gasteiger partial charge in [-0.2, -0.15) is 13.2 Å². The minimum atomic E-state index is -4.44. The third-order valence-electron chi connectivity index (χ3n) is 1.81. The summed E-state index contributed by atoms with van der Waals surface area (Å²) >= 11 is 0. The van der Waals surface area contributed by atoms with E-state index in [4.69, 9.17) is 11.5 Å². The number of benzene rings is 1. The van der Waals surface area contributed by atoms with Crippen molar-refractivity contribution < 1.29 is 13.2 Å². The highest BCUT2D eigenvalue weighted by molar-refractivity contribution is 5.71. The third-order valence-corrected chi connectivity index (χ3v) is 1.81. The molecule has 1 aromatic rings. The van der Waals surface area contributed by atoms with Crippen LogP contribution in [0.25, 0.3) is 0 Å². The summed E-state index contributed by atoms with van der Waals surface area (Å²) in [6.07, 6.45) is -4.44. The molecule has 0 amide bonds. The standard InChI is InChI=1S/C8H9F3N2/c1-4-2-3-5(8(9,10)11)7(13)6(4)12/h2-3H,12-13H2,1H3. The molecule has 4 N–H and O–H groups in total. The van der Waals surface area contributed by atoms with Crippen molar-refractivity contribution >= 4 is 11.4 Å². The van der Waals surface area contributed by atoms with E-state index in [2.05, 4.69) is 0 Å². The smallest absolute Gasteiger partial charge is 0.397 e. The topological polar surface area (TPSA) is 52.0 Å². The molecule has 0 aliphatic heterocycles. The van der Waals surface area contributed by atoms with Gasteiger partial charge in [0.15, 0.2) is 0 Å². The first-order valence-electron chi connectivity index (χ1n) is 3.55. The first-order chi connectivity index (χ1) is 5.84. The lowest BCUT2D eigenvalue weighted by Gasteiger charge is -2.12. The Morgan fingerprint density at radius 2 is 1.62 bits per heavy atom. The molecule has 0 heterocycles. The number of hydrogen-bond acceptors (Lipinski definition) is 2. The highest BCUT2D eigenvalue weighted by Gasteiger charge is 2.33. The molecule has 0 saturated heterocycles. The molecule has 1 rings (SSSR count). The lowest BCUT2D eigenvalue weighted by Crippen LogP contribution is -2.11. The van der Waals surface area contributed by atoms with Crippen molar-refractivity contribution in [2.75, 3.05) is 11.5 Å². The minimum absolute atomic E-state index is 0.00479. The molecule has 72 valence electrons. The van der Waals surface area contributed by atoms with Gasteiger partial charge >= 0.3 is 6.18 Å². The normalized spacial score (nSPS) is 11.7. The van der Waals surface area contributed by atoms with Crippen molar-refractivity contribution in [1.82, 2.24) is 0 Å². The van der Waals surface area contributed by atoms with Gasteiger partial charge < -0.3 is 11.5 Å². The molecule has 0 atom stereocenters. The Balaban J connectivity index is 3.35. The average Bonchev–Trinajstić information content (AvgIpc) is 1.98. The van der Waals surface area contributed by atoms with E-state index in [1.165, 1.54) is 6.07 Å². The van der Waals surface area contributed by atoms with Crippen LogP contribution in [0.2, 0.25) is 0 Å². The van der Waals surface area contributed by atoms with Gasteiger partial charge in [-0.3, -0.25) is 0 Å². The van der Waals surface area contributed by atoms with Gasteiger partial charge in [0.25, 0.3) is 0 Å². The molecular weight excluding hydrogens is 181 g/mol. The molecule has 2 nitrogen and oxygen atoms in total. The lowest BCUT2D eigenvalue weighted by atomic mass is 10.1. The molecular formula is C8H9F3N2. The van der Waals surface area contributed by atoms with Gasteiger partial charge in [0, 0.05) is 0 Å². The molecule has 0 radical (unpaired) electrons. The SMILES string of the molecule is Cc1ccc(C(F)(F)F)c(N)c1N. The van der Waals surface area contributed by atoms with Gasteiger partial charge in [-0.15, -0.1) is 0 Å². The minimum Gasteiger partial charge on any atom is -0.397 e. The Hall–Kier alpha value is -1.39. The zero-order chi connectivity index (χ0) is 10.2. The molecule has 1 aromatic carbocycles. The van der Waals surface area contributed by atoms with Gasteiger partial charge in [-0.25, -0.2) is 0 Å². The fourth-order valence-corrected chi connectivity index (χ4v) is 0.993. The summed E-state index contributed by atoms with van der Waals surface area (Å²) in [6, 6.07) is 2.23. The van der Waals surface area contributed by atoms with Gasteiger partial charge in [0.05, 0.1) is 16.9 Å². The first kappa shape index (κ1) is 9.70. The summed E-state index contributed by atoms with van der Waals surface area (Å²) < 4.78 is 36.7. The van der Waals surface area contributed by atoms with Crippen LogP contribution in [-0.4, -0.2) is 0 Å². The zero-order valence-electron chi connectivity index (χ0n) is 6.94. The highest BCUT2D eigenvalue weighted by atomic mass is 19.4. The predicted octanol–water partition coefficient (Wildman–Crippen LogP) is 2.18. The van der Waals surface area contributed by atoms with Crippen molar-refractivity contribution in [3.63, 3.8) is 0 Å². The average molecular weight is 190 g/mol. The van der Waals surface area contributed by atoms with Crippen LogP contribution in [0.4, 0.5) is 24.5 Å². The van der Waals surface area contributed by atoms with Crippen LogP contribution in [0.5, 0.6) is 0 Å². The largest absolute Gasteiger partial charge is 0.418 e. The van der Waals surface area contributed by atoms with E-state index in [-0.39, 0.29) is 5.69 Å². The van der Waals surface area contributed by atoms with Crippen LogP contribution in [-0.2, 0) is 6.18 Å². The van der Waals surface area contributed by atoms with E-state index in [9.17, 15) is 13.2 Å². The number of alkyl halides is 3. The van der Waals surface area contributed by atoms with Crippen molar-refractivity contribution in [3.8, 4) is 0 Å². The Labute approximate surface area is 73.3 Å². The first-order valence-corrected chi connectivity index (χ1v) is 3.55. The number of halogens is 3. The number of hydrogen-bond donors (Lipinski definition) is 2. The monoisotopic (exact) mass is 190 g/mol. The Kier molecular flexibility index (Phi) is 2.11. The maximum absolute atomic E-state index is 12.2. The van der Waals surface area contributed by atoms with Crippen LogP contribution in [0.1, 0.15) is 11.1 Å². The molecule has 13 heavy (non-hydrogen) atoms. The van der Waals surface area contributed by atoms with E-state index < -0.39 is 17.4 Å². The summed E-state index contributed by atoms with van der Waals surface area (Å²) in [4.78, 5) is 0. The molecule has 0 aromatic heterocycles. The second kappa shape index (κ2) is 2.83. The number of nitrogen functional groups attached to an aromatic ring is 2. The Morgan fingerprint density at radius 1 is 1.08 bits per heavy atom. The second-order valence-corrected chi connectivity index (χ2v) is 2.76. The van der Waals surface area contributed by atoms with E-state index in [0.29, 0.717) is 5.56 Å². The van der Waals surface area contributed by atoms with Gasteiger partial charge in [0.1, 0.15) is 0 Å². The van der Waals surface area contributed by atoms with E-state index in [1.807, 2.05) is 0 Å². The highest BCUT2D eigenvalue weighted by Crippen LogP contribution is 2.36. The van der Waals surface area contributed by atoms with Crippen LogP contribution >= 0.6 is 0 Å². The van der Waals surface area contributed by atoms with E-state index in [1.54, 1.807) is 6.92 Å². The lowest BCUT2D eigenvalue weighted by molar-refractivity contribution is -0.136. The summed E-state index contributed by atoms with van der Waals surface area (Å²) in [5.41, 5.74) is 9.85. The molecule has 0 fully saturated rings. The summed E-state index contributed by atoms with van der Waals surface area (Å²) in [5.74, 6) is 0. The van der Waals surface area contributed by atoms with Gasteiger partial charge in [0.2, 0.25) is 0 Å². The van der Waals surface area contributed by atoms with Crippen molar-refractivity contribution in [2.24, 2.45) is 0 Å². The fourth-order valence-electron chi connectivity index (χ4n) is 0.993. The molecule has 0 aliphatic carbocycles. The molecule has 0 spiro atoms. The molecule has 0 aliphatic rings. The summed E-state index contributed by atoms with van der Waals surface area (Å²) in [6.45, 7) is 1.60. The number of rotatable bonds is 0. The van der Waals surface area contributed by atoms with Crippen LogP contribution in [0.15, 0.2) is 12.1 Å². The number of aryl methyl sites for hydroxylation is 1. The van der Waals surface area contributed by atoms with Crippen molar-refractivity contribution in [1.29, 1.82) is 0 Å². The maximum Gasteiger partial charge on any atom is 0.418 e.